The van der Waals surface area contributed by atoms with E-state index < -0.39 is 0 Å². The summed E-state index contributed by atoms with van der Waals surface area (Å²) in [5.41, 5.74) is 4.30. The normalized spacial score (nSPS) is 17.3. The van der Waals surface area contributed by atoms with Gasteiger partial charge in [0, 0.05) is 22.7 Å². The Labute approximate surface area is 106 Å². The minimum atomic E-state index is 0.132. The van der Waals surface area contributed by atoms with Crippen molar-refractivity contribution >= 4 is 0 Å². The Morgan fingerprint density at radius 3 is 1.94 bits per heavy atom. The molecule has 1 fully saturated rings. The lowest BCUT2D eigenvalue weighted by Gasteiger charge is -2.29. The topological polar surface area (TPSA) is 12.9 Å². The van der Waals surface area contributed by atoms with Crippen LogP contribution in [-0.4, -0.2) is 4.98 Å². The van der Waals surface area contributed by atoms with Crippen LogP contribution in [0.4, 0.5) is 0 Å². The largest absolute Gasteiger partial charge is 0.257 e. The Hall–Kier alpha value is -0.850. The van der Waals surface area contributed by atoms with Crippen LogP contribution in [0.3, 0.4) is 0 Å². The SMILES string of the molecule is CC(C)(C)c1ccc(C2CC2)nc1C(C)(C)C. The smallest absolute Gasteiger partial charge is 0.0497 e. The van der Waals surface area contributed by atoms with Crippen LogP contribution in [0, 0.1) is 0 Å². The molecule has 0 atom stereocenters. The second kappa shape index (κ2) is 3.83. The molecule has 17 heavy (non-hydrogen) atoms. The molecule has 1 saturated carbocycles. The van der Waals surface area contributed by atoms with E-state index in [1.54, 1.807) is 0 Å². The van der Waals surface area contributed by atoms with Crippen LogP contribution in [0.2, 0.25) is 0 Å². The molecule has 1 aromatic heterocycles. The van der Waals surface area contributed by atoms with Crippen molar-refractivity contribution in [2.75, 3.05) is 0 Å². The highest BCUT2D eigenvalue weighted by atomic mass is 14.8. The summed E-state index contributed by atoms with van der Waals surface area (Å²) < 4.78 is 0. The van der Waals surface area contributed by atoms with Crippen LogP contribution in [0.15, 0.2) is 12.1 Å². The number of nitrogens with zero attached hydrogens (tertiary/aromatic N) is 1. The fraction of sp³-hybridized carbons (Fsp3) is 0.688. The second-order valence-corrected chi connectivity index (χ2v) is 7.41. The van der Waals surface area contributed by atoms with E-state index >= 15 is 0 Å². The molecular formula is C16H25N. The fourth-order valence-corrected chi connectivity index (χ4v) is 2.26. The lowest BCUT2D eigenvalue weighted by molar-refractivity contribution is 0.511. The van der Waals surface area contributed by atoms with E-state index in [1.807, 2.05) is 0 Å². The monoisotopic (exact) mass is 231 g/mol. The maximum absolute atomic E-state index is 4.97. The first-order chi connectivity index (χ1) is 7.69. The first-order valence-corrected chi connectivity index (χ1v) is 6.71. The molecule has 0 radical (unpaired) electrons. The lowest BCUT2D eigenvalue weighted by atomic mass is 9.78. The predicted octanol–water partition coefficient (Wildman–Crippen LogP) is 4.55. The molecule has 1 nitrogen and oxygen atoms in total. The highest BCUT2D eigenvalue weighted by molar-refractivity contribution is 5.35. The van der Waals surface area contributed by atoms with E-state index in [-0.39, 0.29) is 10.8 Å². The van der Waals surface area contributed by atoms with E-state index in [4.69, 9.17) is 4.98 Å². The summed E-state index contributed by atoms with van der Waals surface area (Å²) in [4.78, 5) is 4.97. The predicted molar refractivity (Wildman–Crippen MR) is 73.6 cm³/mol. The summed E-state index contributed by atoms with van der Waals surface area (Å²) >= 11 is 0. The van der Waals surface area contributed by atoms with Gasteiger partial charge in [0.15, 0.2) is 0 Å². The molecule has 0 unspecified atom stereocenters. The second-order valence-electron chi connectivity index (χ2n) is 7.41. The van der Waals surface area contributed by atoms with Crippen LogP contribution in [0.1, 0.15) is 77.3 Å². The van der Waals surface area contributed by atoms with Crippen LogP contribution in [0.25, 0.3) is 0 Å². The van der Waals surface area contributed by atoms with Gasteiger partial charge >= 0.3 is 0 Å². The summed E-state index contributed by atoms with van der Waals surface area (Å²) in [7, 11) is 0. The van der Waals surface area contributed by atoms with Crippen molar-refractivity contribution in [3.63, 3.8) is 0 Å². The Kier molecular flexibility index (Phi) is 2.84. The molecule has 1 heterocycles. The zero-order valence-electron chi connectivity index (χ0n) is 12.1. The van der Waals surface area contributed by atoms with Gasteiger partial charge in [-0.05, 0) is 29.9 Å². The van der Waals surface area contributed by atoms with Crippen LogP contribution in [-0.2, 0) is 10.8 Å². The molecule has 2 rings (SSSR count). The van der Waals surface area contributed by atoms with Gasteiger partial charge in [-0.15, -0.1) is 0 Å². The third kappa shape index (κ3) is 2.70. The summed E-state index contributed by atoms with van der Waals surface area (Å²) in [5.74, 6) is 0.741. The van der Waals surface area contributed by atoms with E-state index in [2.05, 4.69) is 53.7 Å². The van der Waals surface area contributed by atoms with Crippen molar-refractivity contribution in [3.05, 3.63) is 29.1 Å². The Balaban J connectivity index is 2.52. The molecule has 0 N–H and O–H groups in total. The van der Waals surface area contributed by atoms with Crippen molar-refractivity contribution in [1.82, 2.24) is 4.98 Å². The maximum Gasteiger partial charge on any atom is 0.0497 e. The van der Waals surface area contributed by atoms with Crippen molar-refractivity contribution in [2.24, 2.45) is 0 Å². The van der Waals surface area contributed by atoms with Crippen LogP contribution < -0.4 is 0 Å². The van der Waals surface area contributed by atoms with Gasteiger partial charge in [-0.2, -0.15) is 0 Å². The van der Waals surface area contributed by atoms with Crippen molar-refractivity contribution in [1.29, 1.82) is 0 Å². The minimum absolute atomic E-state index is 0.132. The lowest BCUT2D eigenvalue weighted by Crippen LogP contribution is -2.24. The first kappa shape index (κ1) is 12.6. The molecule has 0 bridgehead atoms. The maximum atomic E-state index is 4.97. The third-order valence-electron chi connectivity index (χ3n) is 3.43. The van der Waals surface area contributed by atoms with Gasteiger partial charge in [-0.1, -0.05) is 47.6 Å². The van der Waals surface area contributed by atoms with E-state index in [0.29, 0.717) is 0 Å². The fourth-order valence-electron chi connectivity index (χ4n) is 2.26. The summed E-state index contributed by atoms with van der Waals surface area (Å²) in [6.07, 6.45) is 2.65. The standard InChI is InChI=1S/C16H25N/c1-15(2,3)12-9-10-13(11-7-8-11)17-14(12)16(4,5)6/h9-11H,7-8H2,1-6H3. The number of aromatic nitrogens is 1. The van der Waals surface area contributed by atoms with Gasteiger partial charge in [-0.25, -0.2) is 0 Å². The molecular weight excluding hydrogens is 206 g/mol. The van der Waals surface area contributed by atoms with Crippen molar-refractivity contribution in [3.8, 4) is 0 Å². The molecule has 0 amide bonds. The summed E-state index contributed by atoms with van der Waals surface area (Å²) in [5, 5.41) is 0. The van der Waals surface area contributed by atoms with Crippen LogP contribution in [0.5, 0.6) is 0 Å². The van der Waals surface area contributed by atoms with Crippen molar-refractivity contribution < 1.29 is 0 Å². The average Bonchev–Trinajstić information content (AvgIpc) is 2.97. The minimum Gasteiger partial charge on any atom is -0.257 e. The van der Waals surface area contributed by atoms with Gasteiger partial charge in [0.25, 0.3) is 0 Å². The highest BCUT2D eigenvalue weighted by Crippen LogP contribution is 2.41. The molecule has 1 aliphatic carbocycles. The number of rotatable bonds is 1. The molecule has 0 aromatic carbocycles. The molecule has 0 aliphatic heterocycles. The average molecular weight is 231 g/mol. The molecule has 0 saturated heterocycles. The van der Waals surface area contributed by atoms with Gasteiger partial charge in [0.2, 0.25) is 0 Å². The number of hydrogen-bond donors (Lipinski definition) is 0. The molecule has 1 heteroatoms. The molecule has 1 aromatic rings. The zero-order chi connectivity index (χ0) is 12.8. The van der Waals surface area contributed by atoms with E-state index in [0.717, 1.165) is 5.92 Å². The Bertz CT molecular complexity index is 414. The molecule has 0 spiro atoms. The summed E-state index contributed by atoms with van der Waals surface area (Å²) in [6.45, 7) is 13.6. The van der Waals surface area contributed by atoms with E-state index in [9.17, 15) is 0 Å². The molecule has 94 valence electrons. The van der Waals surface area contributed by atoms with Crippen molar-refractivity contribution in [2.45, 2.75) is 71.1 Å². The van der Waals surface area contributed by atoms with Gasteiger partial charge in [0.1, 0.15) is 0 Å². The number of pyridine rings is 1. The summed E-state index contributed by atoms with van der Waals surface area (Å²) in [6, 6.07) is 4.55. The van der Waals surface area contributed by atoms with E-state index in [1.165, 1.54) is 29.8 Å². The third-order valence-corrected chi connectivity index (χ3v) is 3.43. The Morgan fingerprint density at radius 1 is 0.941 bits per heavy atom. The first-order valence-electron chi connectivity index (χ1n) is 6.71. The Morgan fingerprint density at radius 2 is 1.53 bits per heavy atom. The zero-order valence-corrected chi connectivity index (χ0v) is 12.1. The number of hydrogen-bond acceptors (Lipinski definition) is 1. The molecule has 1 aliphatic rings. The quantitative estimate of drug-likeness (QED) is 0.690. The highest BCUT2D eigenvalue weighted by Gasteiger charge is 2.30. The van der Waals surface area contributed by atoms with Crippen LogP contribution >= 0.6 is 0 Å². The van der Waals surface area contributed by atoms with Gasteiger partial charge in [-0.3, -0.25) is 4.98 Å². The van der Waals surface area contributed by atoms with Gasteiger partial charge < -0.3 is 0 Å². The van der Waals surface area contributed by atoms with Gasteiger partial charge in [0.05, 0.1) is 0 Å².